The molecule has 35 heavy (non-hydrogen) atoms. The number of ketones is 1. The third-order valence-corrected chi connectivity index (χ3v) is 6.26. The minimum atomic E-state index is -1.12. The number of hydrogen-bond donors (Lipinski definition) is 0. The highest BCUT2D eigenvalue weighted by molar-refractivity contribution is 6.24. The Morgan fingerprint density at radius 1 is 1.06 bits per heavy atom. The largest absolute Gasteiger partial charge is 0.427 e. The monoisotopic (exact) mass is 474 g/mol. The number of esters is 1. The van der Waals surface area contributed by atoms with E-state index in [0.29, 0.717) is 0 Å². The predicted octanol–water partition coefficient (Wildman–Crippen LogP) is 2.12. The summed E-state index contributed by atoms with van der Waals surface area (Å²) in [5, 5.41) is 16.9. The van der Waals surface area contributed by atoms with Crippen LogP contribution in [0.3, 0.4) is 0 Å². The van der Waals surface area contributed by atoms with Crippen LogP contribution in [0, 0.1) is 22.0 Å². The summed E-state index contributed by atoms with van der Waals surface area (Å²) in [6, 6.07) is 9.42. The molecule has 5 rings (SSSR count). The van der Waals surface area contributed by atoms with Crippen molar-refractivity contribution >= 4 is 41.2 Å². The molecule has 0 unspecified atom stereocenters. The first-order chi connectivity index (χ1) is 16.8. The first kappa shape index (κ1) is 22.1. The maximum Gasteiger partial charge on any atom is 0.308 e. The molecular formula is C24H18N4O7. The Hall–Kier alpha value is -4.67. The number of fused-ring (bicyclic) bond motifs is 3. The van der Waals surface area contributed by atoms with Gasteiger partial charge in [0.1, 0.15) is 11.8 Å². The molecule has 2 amide bonds. The fraction of sp³-hybridized carbons (Fsp3) is 0.208. The molecule has 0 spiro atoms. The van der Waals surface area contributed by atoms with Crippen LogP contribution >= 0.6 is 0 Å². The first-order valence-corrected chi connectivity index (χ1v) is 10.7. The number of imide groups is 1. The highest BCUT2D eigenvalue weighted by atomic mass is 16.6. The number of Topliss-reactive ketones (excluding diaryl/α,β-unsaturated/α-hetero) is 1. The number of nitro benzene ring substituents is 1. The van der Waals surface area contributed by atoms with Gasteiger partial charge in [0.25, 0.3) is 5.69 Å². The summed E-state index contributed by atoms with van der Waals surface area (Å²) in [5.74, 6) is -3.73. The van der Waals surface area contributed by atoms with Gasteiger partial charge in [-0.3, -0.25) is 34.3 Å². The third-order valence-electron chi connectivity index (χ3n) is 6.26. The van der Waals surface area contributed by atoms with Gasteiger partial charge in [-0.05, 0) is 30.3 Å². The van der Waals surface area contributed by atoms with Crippen LogP contribution in [0.1, 0.15) is 17.3 Å². The predicted molar refractivity (Wildman–Crippen MR) is 122 cm³/mol. The van der Waals surface area contributed by atoms with Crippen molar-refractivity contribution in [1.29, 1.82) is 0 Å². The quantitative estimate of drug-likeness (QED) is 0.160. The molecule has 176 valence electrons. The zero-order chi connectivity index (χ0) is 24.9. The molecule has 0 saturated carbocycles. The van der Waals surface area contributed by atoms with Gasteiger partial charge in [0, 0.05) is 30.8 Å². The van der Waals surface area contributed by atoms with E-state index in [1.54, 1.807) is 12.2 Å². The van der Waals surface area contributed by atoms with E-state index in [2.05, 4.69) is 5.10 Å². The van der Waals surface area contributed by atoms with Crippen LogP contribution in [0.2, 0.25) is 0 Å². The van der Waals surface area contributed by atoms with Crippen molar-refractivity contribution in [3.63, 3.8) is 0 Å². The Kier molecular flexibility index (Phi) is 5.24. The highest BCUT2D eigenvalue weighted by Gasteiger charge is 2.64. The zero-order valence-electron chi connectivity index (χ0n) is 18.3. The molecule has 4 atom stereocenters. The number of nitro groups is 1. The molecular weight excluding hydrogens is 456 g/mol. The van der Waals surface area contributed by atoms with Crippen molar-refractivity contribution in [2.45, 2.75) is 19.0 Å². The van der Waals surface area contributed by atoms with Crippen molar-refractivity contribution in [3.05, 3.63) is 76.4 Å². The highest BCUT2D eigenvalue weighted by Crippen LogP contribution is 2.46. The van der Waals surface area contributed by atoms with E-state index in [4.69, 9.17) is 4.74 Å². The molecule has 2 aromatic rings. The molecule has 0 aliphatic carbocycles. The molecule has 3 heterocycles. The Labute approximate surface area is 198 Å². The number of carbonyl (C=O) groups is 4. The summed E-state index contributed by atoms with van der Waals surface area (Å²) in [6.07, 6.45) is 4.82. The summed E-state index contributed by atoms with van der Waals surface area (Å²) in [7, 11) is 0. The fourth-order valence-electron chi connectivity index (χ4n) is 4.86. The van der Waals surface area contributed by atoms with E-state index >= 15 is 0 Å². The van der Waals surface area contributed by atoms with Crippen molar-refractivity contribution in [2.75, 3.05) is 4.90 Å². The molecule has 11 nitrogen and oxygen atoms in total. The van der Waals surface area contributed by atoms with Gasteiger partial charge >= 0.3 is 5.97 Å². The van der Waals surface area contributed by atoms with E-state index < -0.39 is 52.4 Å². The van der Waals surface area contributed by atoms with Gasteiger partial charge in [0.2, 0.25) is 11.8 Å². The molecule has 0 N–H and O–H groups in total. The molecule has 2 saturated heterocycles. The van der Waals surface area contributed by atoms with E-state index in [9.17, 15) is 29.3 Å². The van der Waals surface area contributed by atoms with Gasteiger partial charge < -0.3 is 4.74 Å². The number of ether oxygens (including phenoxy) is 1. The van der Waals surface area contributed by atoms with E-state index in [1.807, 2.05) is 0 Å². The van der Waals surface area contributed by atoms with E-state index in [1.165, 1.54) is 60.6 Å². The molecule has 2 fully saturated rings. The van der Waals surface area contributed by atoms with Gasteiger partial charge in [-0.1, -0.05) is 18.2 Å². The molecule has 2 aromatic carbocycles. The van der Waals surface area contributed by atoms with Crippen LogP contribution in [-0.2, 0) is 14.4 Å². The summed E-state index contributed by atoms with van der Waals surface area (Å²) >= 11 is 0. The number of nitrogens with zero attached hydrogens (tertiary/aromatic N) is 4. The number of benzene rings is 2. The number of amides is 2. The van der Waals surface area contributed by atoms with Gasteiger partial charge in [-0.25, -0.2) is 4.90 Å². The van der Waals surface area contributed by atoms with Crippen LogP contribution < -0.4 is 9.64 Å². The van der Waals surface area contributed by atoms with Crippen LogP contribution in [0.5, 0.6) is 5.75 Å². The summed E-state index contributed by atoms with van der Waals surface area (Å²) < 4.78 is 5.00. The zero-order valence-corrected chi connectivity index (χ0v) is 18.3. The number of non-ortho nitro benzene ring substituents is 1. The summed E-state index contributed by atoms with van der Waals surface area (Å²) in [4.78, 5) is 63.4. The minimum Gasteiger partial charge on any atom is -0.427 e. The summed E-state index contributed by atoms with van der Waals surface area (Å²) in [6.45, 7) is 1.26. The molecule has 0 aromatic heterocycles. The lowest BCUT2D eigenvalue weighted by atomic mass is 9.86. The number of allylic oxidation sites excluding steroid dienone is 1. The van der Waals surface area contributed by atoms with E-state index in [-0.39, 0.29) is 22.7 Å². The van der Waals surface area contributed by atoms with Gasteiger partial charge in [0.05, 0.1) is 28.5 Å². The van der Waals surface area contributed by atoms with E-state index in [0.717, 1.165) is 11.0 Å². The van der Waals surface area contributed by atoms with Gasteiger partial charge in [-0.2, -0.15) is 5.10 Å². The second-order valence-electron chi connectivity index (χ2n) is 8.29. The summed E-state index contributed by atoms with van der Waals surface area (Å²) in [5.41, 5.74) is 0.0757. The lowest BCUT2D eigenvalue weighted by molar-refractivity contribution is -0.384. The third kappa shape index (κ3) is 3.57. The van der Waals surface area contributed by atoms with Crippen molar-refractivity contribution in [2.24, 2.45) is 16.9 Å². The minimum absolute atomic E-state index is 0.0535. The molecule has 0 bridgehead atoms. The Morgan fingerprint density at radius 2 is 1.77 bits per heavy atom. The fourth-order valence-corrected chi connectivity index (χ4v) is 4.86. The topological polar surface area (TPSA) is 139 Å². The molecule has 0 radical (unpaired) electrons. The Morgan fingerprint density at radius 3 is 2.46 bits per heavy atom. The number of carbonyl (C=O) groups excluding carboxylic acids is 4. The number of anilines is 1. The Balaban J connectivity index is 1.52. The average molecular weight is 474 g/mol. The van der Waals surface area contributed by atoms with Crippen molar-refractivity contribution < 1.29 is 28.8 Å². The normalized spacial score (nSPS) is 24.4. The maximum absolute atomic E-state index is 13.6. The van der Waals surface area contributed by atoms with Crippen molar-refractivity contribution in [3.8, 4) is 5.75 Å². The smallest absolute Gasteiger partial charge is 0.308 e. The lowest BCUT2D eigenvalue weighted by Gasteiger charge is -2.30. The lowest BCUT2D eigenvalue weighted by Crippen LogP contribution is -2.46. The van der Waals surface area contributed by atoms with Gasteiger partial charge in [-0.15, -0.1) is 0 Å². The van der Waals surface area contributed by atoms with Crippen LogP contribution in [-0.4, -0.2) is 51.8 Å². The second-order valence-corrected chi connectivity index (χ2v) is 8.29. The van der Waals surface area contributed by atoms with Gasteiger partial charge in [0.15, 0.2) is 5.78 Å². The van der Waals surface area contributed by atoms with Crippen molar-refractivity contribution in [1.82, 2.24) is 5.01 Å². The van der Waals surface area contributed by atoms with Crippen LogP contribution in [0.4, 0.5) is 11.4 Å². The molecule has 3 aliphatic rings. The standard InChI is InChI=1S/C24H18N4O7/c1-13(29)35-17-9-7-15(8-10-17)26-23(31)19-18-6-3-11-25-27(18)21(20(19)24(26)32)22(30)14-4-2-5-16(12-14)28(33)34/h2-12,18-21H,1H3/t18-,19+,20-,21+/m1/s1. The molecule has 11 heteroatoms. The van der Waals surface area contributed by atoms with Crippen LogP contribution in [0.25, 0.3) is 0 Å². The Bertz CT molecular complexity index is 1330. The number of rotatable bonds is 5. The molecule has 3 aliphatic heterocycles. The maximum atomic E-state index is 13.6. The SMILES string of the molecule is CC(=O)Oc1ccc(N2C(=O)[C@@H]3[C@@H](C2=O)[C@@H](C(=O)c2cccc([N+](=O)[O-])c2)N2N=CC=C[C@H]32)cc1. The number of hydrogen-bond acceptors (Lipinski definition) is 9. The second kappa shape index (κ2) is 8.28. The first-order valence-electron chi connectivity index (χ1n) is 10.7. The van der Waals surface area contributed by atoms with Crippen LogP contribution in [0.15, 0.2) is 65.8 Å². The average Bonchev–Trinajstić information content (AvgIpc) is 3.31. The number of hydrazone groups is 1.